The standard InChI is InChI=1S/C22H23NO7.C10H16O4S/c1-23-8-7-11-9-14-20(29-10-28-14)21(27-4)15(11)17(23)18-12-5-6-13(25-2)19(26-3)16(12)22(24)30-18;1-9(2)7-3-4-10(9,8(11)5-7)6-15(12,13)14/h5-6,9,17-18H,7-8,10H2,1-4H3;7H,3-6H2,1-2H3,(H,12,13,14)/t17-,18+;/m1./s1. The second kappa shape index (κ2) is 11.1. The van der Waals surface area contributed by atoms with E-state index in [-0.39, 0.29) is 30.0 Å². The second-order valence-electron chi connectivity index (χ2n) is 12.9. The number of benzene rings is 2. The number of methoxy groups -OCH3 is 3. The Morgan fingerprint density at radius 3 is 2.40 bits per heavy atom. The van der Waals surface area contributed by atoms with E-state index in [4.69, 9.17) is 33.0 Å². The van der Waals surface area contributed by atoms with Gasteiger partial charge in [-0.25, -0.2) is 4.79 Å². The van der Waals surface area contributed by atoms with Crippen LogP contribution in [0.4, 0.5) is 0 Å². The van der Waals surface area contributed by atoms with Crippen LogP contribution in [0.1, 0.15) is 72.3 Å². The molecule has 2 aliphatic carbocycles. The van der Waals surface area contributed by atoms with Crippen LogP contribution in [0, 0.1) is 16.7 Å². The van der Waals surface area contributed by atoms with E-state index < -0.39 is 33.4 Å². The highest BCUT2D eigenvalue weighted by molar-refractivity contribution is 7.85. The average molecular weight is 646 g/mol. The van der Waals surface area contributed by atoms with Gasteiger partial charge in [-0.3, -0.25) is 14.2 Å². The summed E-state index contributed by atoms with van der Waals surface area (Å²) in [6.45, 7) is 4.85. The maximum atomic E-state index is 12.9. The van der Waals surface area contributed by atoms with Gasteiger partial charge in [-0.1, -0.05) is 19.9 Å². The van der Waals surface area contributed by atoms with Gasteiger partial charge in [0.15, 0.2) is 23.0 Å². The Bertz CT molecular complexity index is 1670. The minimum Gasteiger partial charge on any atom is -0.493 e. The van der Waals surface area contributed by atoms with Crippen molar-refractivity contribution in [3.63, 3.8) is 0 Å². The van der Waals surface area contributed by atoms with E-state index in [9.17, 15) is 18.0 Å². The summed E-state index contributed by atoms with van der Waals surface area (Å²) in [6, 6.07) is 5.43. The van der Waals surface area contributed by atoms with E-state index in [1.807, 2.05) is 33.0 Å². The van der Waals surface area contributed by atoms with Crippen LogP contribution in [0.3, 0.4) is 0 Å². The molecule has 3 aliphatic heterocycles. The van der Waals surface area contributed by atoms with Gasteiger partial charge in [0.05, 0.1) is 38.5 Å². The quantitative estimate of drug-likeness (QED) is 0.356. The number of cyclic esters (lactones) is 1. The molecule has 0 aromatic heterocycles. The molecule has 0 saturated heterocycles. The number of hydrogen-bond donors (Lipinski definition) is 1. The molecule has 0 amide bonds. The predicted molar refractivity (Wildman–Crippen MR) is 161 cm³/mol. The second-order valence-corrected chi connectivity index (χ2v) is 14.3. The summed E-state index contributed by atoms with van der Waals surface area (Å²) in [5.41, 5.74) is 2.11. The first kappa shape index (κ1) is 31.4. The first-order chi connectivity index (χ1) is 21.3. The zero-order chi connectivity index (χ0) is 32.5. The van der Waals surface area contributed by atoms with Crippen LogP contribution in [0.15, 0.2) is 18.2 Å². The van der Waals surface area contributed by atoms with Crippen molar-refractivity contribution >= 4 is 21.9 Å². The molecule has 2 fully saturated rings. The van der Waals surface area contributed by atoms with Crippen molar-refractivity contribution in [3.8, 4) is 28.7 Å². The lowest BCUT2D eigenvalue weighted by molar-refractivity contribution is -0.128. The molecule has 2 aromatic carbocycles. The van der Waals surface area contributed by atoms with E-state index in [0.717, 1.165) is 36.1 Å². The third-order valence-electron chi connectivity index (χ3n) is 10.6. The number of carbonyl (C=O) groups is 2. The molecule has 0 spiro atoms. The fourth-order valence-electron chi connectivity index (χ4n) is 8.13. The molecule has 12 nitrogen and oxygen atoms in total. The Morgan fingerprint density at radius 2 is 1.80 bits per heavy atom. The van der Waals surface area contributed by atoms with Gasteiger partial charge in [-0.05, 0) is 55.3 Å². The number of hydrogen-bond acceptors (Lipinski definition) is 11. The summed E-state index contributed by atoms with van der Waals surface area (Å²) in [6.07, 6.45) is 2.28. The number of rotatable bonds is 6. The first-order valence-corrected chi connectivity index (χ1v) is 16.5. The van der Waals surface area contributed by atoms with Gasteiger partial charge >= 0.3 is 5.97 Å². The van der Waals surface area contributed by atoms with E-state index in [2.05, 4.69) is 4.90 Å². The normalized spacial score (nSPS) is 27.3. The third kappa shape index (κ3) is 4.81. The highest BCUT2D eigenvalue weighted by Gasteiger charge is 2.65. The summed E-state index contributed by atoms with van der Waals surface area (Å²) in [5.74, 6) is 2.26. The van der Waals surface area contributed by atoms with Crippen molar-refractivity contribution in [2.75, 3.05) is 47.5 Å². The van der Waals surface area contributed by atoms with Crippen LogP contribution >= 0.6 is 0 Å². The van der Waals surface area contributed by atoms with E-state index in [1.165, 1.54) is 7.11 Å². The Morgan fingerprint density at radius 1 is 1.07 bits per heavy atom. The number of nitrogens with zero attached hydrogens (tertiary/aromatic N) is 1. The Hall–Kier alpha value is -3.55. The molecular formula is C32H39NO11S. The number of fused-ring (bicyclic) bond motifs is 5. The Labute approximate surface area is 262 Å². The zero-order valence-corrected chi connectivity index (χ0v) is 27.1. The molecule has 1 N–H and O–H groups in total. The topological polar surface area (TPSA) is 147 Å². The minimum atomic E-state index is -4.08. The van der Waals surface area contributed by atoms with E-state index >= 15 is 0 Å². The maximum absolute atomic E-state index is 12.9. The lowest BCUT2D eigenvalue weighted by atomic mass is 9.70. The molecule has 244 valence electrons. The average Bonchev–Trinajstić information content (AvgIpc) is 3.69. The largest absolute Gasteiger partial charge is 0.493 e. The maximum Gasteiger partial charge on any atom is 0.343 e. The lowest BCUT2D eigenvalue weighted by Gasteiger charge is -2.38. The van der Waals surface area contributed by atoms with Crippen molar-refractivity contribution in [2.24, 2.45) is 16.7 Å². The molecule has 13 heteroatoms. The van der Waals surface area contributed by atoms with Crippen molar-refractivity contribution in [1.82, 2.24) is 4.90 Å². The number of carbonyl (C=O) groups excluding carboxylic acids is 2. The molecule has 0 radical (unpaired) electrons. The molecule has 2 bridgehead atoms. The number of esters is 1. The van der Waals surface area contributed by atoms with Gasteiger partial charge in [0.25, 0.3) is 10.1 Å². The van der Waals surface area contributed by atoms with E-state index in [1.54, 1.807) is 20.3 Å². The van der Waals surface area contributed by atoms with Crippen molar-refractivity contribution in [1.29, 1.82) is 0 Å². The molecule has 3 heterocycles. The minimum absolute atomic E-state index is 0.0152. The van der Waals surface area contributed by atoms with Gasteiger partial charge in [-0.15, -0.1) is 0 Å². The SMILES string of the molecule is CC1(C)C2CCC1(CS(=O)(=O)O)C(=O)C2.COc1ccc2c(c1OC)C(=O)O[C@@H]2[C@H]1c2c(cc3c(c2OC)OCO3)CCN1C. The van der Waals surface area contributed by atoms with Gasteiger partial charge in [0.1, 0.15) is 17.5 Å². The van der Waals surface area contributed by atoms with Gasteiger partial charge in [-0.2, -0.15) is 8.42 Å². The van der Waals surface area contributed by atoms with Gasteiger partial charge in [0.2, 0.25) is 12.5 Å². The summed E-state index contributed by atoms with van der Waals surface area (Å²) < 4.78 is 64.8. The molecule has 4 atom stereocenters. The number of ketones is 1. The third-order valence-corrected chi connectivity index (χ3v) is 11.5. The molecule has 45 heavy (non-hydrogen) atoms. The fourth-order valence-corrected chi connectivity index (χ4v) is 9.43. The predicted octanol–water partition coefficient (Wildman–Crippen LogP) is 4.15. The summed E-state index contributed by atoms with van der Waals surface area (Å²) >= 11 is 0. The first-order valence-electron chi connectivity index (χ1n) is 14.9. The number of ether oxygens (including phenoxy) is 6. The molecule has 5 aliphatic rings. The van der Waals surface area contributed by atoms with Crippen LogP contribution < -0.4 is 23.7 Å². The molecule has 2 saturated carbocycles. The van der Waals surface area contributed by atoms with Crippen molar-refractivity contribution < 1.29 is 51.0 Å². The molecular weight excluding hydrogens is 606 g/mol. The fraction of sp³-hybridized carbons (Fsp3) is 0.562. The monoisotopic (exact) mass is 645 g/mol. The summed E-state index contributed by atoms with van der Waals surface area (Å²) in [5, 5.41) is 0. The zero-order valence-electron chi connectivity index (χ0n) is 26.3. The van der Waals surface area contributed by atoms with Gasteiger partial charge in [0, 0.05) is 24.1 Å². The van der Waals surface area contributed by atoms with Crippen LogP contribution in [0.2, 0.25) is 0 Å². The Kier molecular flexibility index (Phi) is 7.72. The number of Topliss-reactive ketones (excluding diaryl/α,β-unsaturated/α-hetero) is 1. The smallest absolute Gasteiger partial charge is 0.343 e. The van der Waals surface area contributed by atoms with Crippen LogP contribution in [-0.2, 0) is 26.1 Å². The van der Waals surface area contributed by atoms with Crippen LogP contribution in [0.25, 0.3) is 0 Å². The molecule has 2 aromatic rings. The van der Waals surface area contributed by atoms with Gasteiger partial charge < -0.3 is 28.4 Å². The highest BCUT2D eigenvalue weighted by atomic mass is 32.2. The van der Waals surface area contributed by atoms with Crippen LogP contribution in [-0.4, -0.2) is 77.1 Å². The van der Waals surface area contributed by atoms with Crippen LogP contribution in [0.5, 0.6) is 28.7 Å². The summed E-state index contributed by atoms with van der Waals surface area (Å²) in [4.78, 5) is 26.9. The molecule has 7 rings (SSSR count). The van der Waals surface area contributed by atoms with Crippen molar-refractivity contribution in [2.45, 2.75) is 51.7 Å². The molecule has 2 unspecified atom stereocenters. The lowest BCUT2D eigenvalue weighted by Crippen LogP contribution is -2.42. The summed E-state index contributed by atoms with van der Waals surface area (Å²) in [7, 11) is 2.62. The number of likely N-dealkylation sites (N-methyl/N-ethyl adjacent to an activating group) is 1. The van der Waals surface area contributed by atoms with E-state index in [0.29, 0.717) is 47.2 Å². The van der Waals surface area contributed by atoms with Crippen molar-refractivity contribution in [3.05, 3.63) is 40.5 Å². The Balaban J connectivity index is 0.000000200. The highest BCUT2D eigenvalue weighted by Crippen LogP contribution is 2.64.